The first-order valence-corrected chi connectivity index (χ1v) is 7.97. The molecule has 0 saturated carbocycles. The molecule has 1 aromatic carbocycles. The molecule has 7 nitrogen and oxygen atoms in total. The second-order valence-corrected chi connectivity index (χ2v) is 7.23. The molecule has 116 valence electrons. The van der Waals surface area contributed by atoms with Gasteiger partial charge >= 0.3 is 5.97 Å². The minimum Gasteiger partial charge on any atom is -0.478 e. The van der Waals surface area contributed by atoms with Gasteiger partial charge in [-0.3, -0.25) is 0 Å². The fourth-order valence-electron chi connectivity index (χ4n) is 2.41. The number of sulfonamides is 1. The van der Waals surface area contributed by atoms with Crippen molar-refractivity contribution >= 4 is 21.7 Å². The Balaban J connectivity index is 2.31. The predicted molar refractivity (Wildman–Crippen MR) is 78.7 cm³/mol. The molecule has 2 rings (SSSR count). The van der Waals surface area contributed by atoms with Crippen LogP contribution in [0.5, 0.6) is 0 Å². The number of nitrogens with two attached hydrogens (primary N) is 1. The normalized spacial score (nSPS) is 20.0. The average molecular weight is 313 g/mol. The van der Waals surface area contributed by atoms with Crippen molar-refractivity contribution in [3.63, 3.8) is 0 Å². The van der Waals surface area contributed by atoms with Crippen LogP contribution in [0, 0.1) is 0 Å². The van der Waals surface area contributed by atoms with Gasteiger partial charge in [0.05, 0.1) is 11.3 Å². The Morgan fingerprint density at radius 3 is 2.57 bits per heavy atom. The third-order valence-electron chi connectivity index (χ3n) is 3.73. The van der Waals surface area contributed by atoms with Crippen LogP contribution < -0.4 is 5.73 Å². The minimum atomic E-state index is -3.69. The van der Waals surface area contributed by atoms with Crippen LogP contribution in [0.25, 0.3) is 0 Å². The van der Waals surface area contributed by atoms with Crippen molar-refractivity contribution in [3.05, 3.63) is 23.8 Å². The van der Waals surface area contributed by atoms with Crippen molar-refractivity contribution < 1.29 is 18.3 Å². The number of carboxylic acids is 1. The van der Waals surface area contributed by atoms with Gasteiger partial charge in [0.25, 0.3) is 0 Å². The Hall–Kier alpha value is -1.64. The molecule has 1 fully saturated rings. The lowest BCUT2D eigenvalue weighted by atomic mass is 10.2. The second-order valence-electron chi connectivity index (χ2n) is 5.33. The molecule has 1 aromatic rings. The number of nitrogen functional groups attached to an aromatic ring is 1. The van der Waals surface area contributed by atoms with Crippen LogP contribution >= 0.6 is 0 Å². The van der Waals surface area contributed by atoms with Gasteiger partial charge in [-0.15, -0.1) is 0 Å². The summed E-state index contributed by atoms with van der Waals surface area (Å²) in [5, 5.41) is 8.89. The SMILES string of the molecule is CN(C)C1CCN(S(=O)(=O)c2ccc(C(=O)O)cc2N)C1. The lowest BCUT2D eigenvalue weighted by Crippen LogP contribution is -2.34. The summed E-state index contributed by atoms with van der Waals surface area (Å²) in [7, 11) is 0.137. The monoisotopic (exact) mass is 313 g/mol. The molecule has 21 heavy (non-hydrogen) atoms. The number of anilines is 1. The molecule has 0 amide bonds. The summed E-state index contributed by atoms with van der Waals surface area (Å²) in [6.07, 6.45) is 0.763. The number of likely N-dealkylation sites (N-methyl/N-ethyl adjacent to an activating group) is 1. The number of rotatable bonds is 4. The van der Waals surface area contributed by atoms with Gasteiger partial charge < -0.3 is 15.7 Å². The number of carboxylic acid groups (broad SMARTS) is 1. The highest BCUT2D eigenvalue weighted by Gasteiger charge is 2.34. The Morgan fingerprint density at radius 2 is 2.10 bits per heavy atom. The molecule has 0 aliphatic carbocycles. The molecule has 0 radical (unpaired) electrons. The zero-order valence-corrected chi connectivity index (χ0v) is 12.8. The Bertz CT molecular complexity index is 657. The van der Waals surface area contributed by atoms with E-state index in [-0.39, 0.29) is 22.2 Å². The van der Waals surface area contributed by atoms with Gasteiger partial charge in [-0.2, -0.15) is 4.31 Å². The summed E-state index contributed by atoms with van der Waals surface area (Å²) in [6, 6.07) is 3.87. The first kappa shape index (κ1) is 15.7. The second kappa shape index (κ2) is 5.63. The first-order chi connectivity index (χ1) is 9.73. The molecule has 1 aliphatic heterocycles. The minimum absolute atomic E-state index is 0.0287. The van der Waals surface area contributed by atoms with Gasteiger partial charge in [-0.05, 0) is 38.7 Å². The molecular weight excluding hydrogens is 294 g/mol. The molecular formula is C13H19N3O4S. The van der Waals surface area contributed by atoms with E-state index in [2.05, 4.69) is 0 Å². The van der Waals surface area contributed by atoms with Crippen LogP contribution in [-0.4, -0.2) is 61.9 Å². The van der Waals surface area contributed by atoms with E-state index < -0.39 is 16.0 Å². The van der Waals surface area contributed by atoms with Gasteiger partial charge in [0.1, 0.15) is 4.90 Å². The number of hydrogen-bond acceptors (Lipinski definition) is 5. The van der Waals surface area contributed by atoms with E-state index in [9.17, 15) is 13.2 Å². The summed E-state index contributed by atoms with van der Waals surface area (Å²) in [5.41, 5.74) is 5.66. The van der Waals surface area contributed by atoms with Crippen molar-refractivity contribution in [3.8, 4) is 0 Å². The van der Waals surface area contributed by atoms with Crippen LogP contribution in [0.3, 0.4) is 0 Å². The maximum Gasteiger partial charge on any atom is 0.335 e. The number of benzene rings is 1. The van der Waals surface area contributed by atoms with Crippen LogP contribution in [0.4, 0.5) is 5.69 Å². The van der Waals surface area contributed by atoms with E-state index in [0.29, 0.717) is 13.1 Å². The molecule has 3 N–H and O–H groups in total. The van der Waals surface area contributed by atoms with E-state index in [0.717, 1.165) is 6.42 Å². The summed E-state index contributed by atoms with van der Waals surface area (Å²) in [4.78, 5) is 12.8. The summed E-state index contributed by atoms with van der Waals surface area (Å²) in [5.74, 6) is -1.14. The molecule has 1 atom stereocenters. The van der Waals surface area contributed by atoms with Crippen LogP contribution in [0.15, 0.2) is 23.1 Å². The van der Waals surface area contributed by atoms with E-state index >= 15 is 0 Å². The number of carbonyl (C=O) groups is 1. The quantitative estimate of drug-likeness (QED) is 0.774. The van der Waals surface area contributed by atoms with E-state index in [1.807, 2.05) is 19.0 Å². The lowest BCUT2D eigenvalue weighted by molar-refractivity contribution is 0.0697. The Kier molecular flexibility index (Phi) is 4.22. The van der Waals surface area contributed by atoms with E-state index in [1.165, 1.54) is 22.5 Å². The molecule has 0 spiro atoms. The smallest absolute Gasteiger partial charge is 0.335 e. The van der Waals surface area contributed by atoms with Gasteiger partial charge in [0.2, 0.25) is 10.0 Å². The average Bonchev–Trinajstić information content (AvgIpc) is 2.88. The first-order valence-electron chi connectivity index (χ1n) is 6.53. The zero-order valence-electron chi connectivity index (χ0n) is 12.0. The van der Waals surface area contributed by atoms with Gasteiger partial charge in [0, 0.05) is 19.1 Å². The topological polar surface area (TPSA) is 104 Å². The fraction of sp³-hybridized carbons (Fsp3) is 0.462. The van der Waals surface area contributed by atoms with Crippen molar-refractivity contribution in [2.75, 3.05) is 32.9 Å². The van der Waals surface area contributed by atoms with Crippen molar-refractivity contribution in [1.29, 1.82) is 0 Å². The van der Waals surface area contributed by atoms with Crippen LogP contribution in [0.2, 0.25) is 0 Å². The molecule has 0 aromatic heterocycles. The number of nitrogens with zero attached hydrogens (tertiary/aromatic N) is 2. The highest BCUT2D eigenvalue weighted by atomic mass is 32.2. The van der Waals surface area contributed by atoms with Gasteiger partial charge in [-0.25, -0.2) is 13.2 Å². The zero-order chi connectivity index (χ0) is 15.8. The maximum absolute atomic E-state index is 12.6. The van der Waals surface area contributed by atoms with E-state index in [4.69, 9.17) is 10.8 Å². The van der Waals surface area contributed by atoms with Crippen molar-refractivity contribution in [1.82, 2.24) is 9.21 Å². The number of hydrogen-bond donors (Lipinski definition) is 2. The number of aromatic carboxylic acids is 1. The Labute approximate surface area is 124 Å². The largest absolute Gasteiger partial charge is 0.478 e. The fourth-order valence-corrected chi connectivity index (χ4v) is 4.00. The predicted octanol–water partition coefficient (Wildman–Crippen LogP) is 0.292. The van der Waals surface area contributed by atoms with Crippen molar-refractivity contribution in [2.45, 2.75) is 17.4 Å². The lowest BCUT2D eigenvalue weighted by Gasteiger charge is -2.21. The summed E-state index contributed by atoms with van der Waals surface area (Å²) >= 11 is 0. The Morgan fingerprint density at radius 1 is 1.43 bits per heavy atom. The molecule has 1 heterocycles. The molecule has 0 bridgehead atoms. The molecule has 8 heteroatoms. The van der Waals surface area contributed by atoms with Crippen molar-refractivity contribution in [2.24, 2.45) is 0 Å². The highest BCUT2D eigenvalue weighted by molar-refractivity contribution is 7.89. The molecule has 1 unspecified atom stereocenters. The third kappa shape index (κ3) is 3.02. The third-order valence-corrected chi connectivity index (χ3v) is 5.67. The van der Waals surface area contributed by atoms with Crippen LogP contribution in [-0.2, 0) is 10.0 Å². The molecule has 1 saturated heterocycles. The molecule has 1 aliphatic rings. The van der Waals surface area contributed by atoms with Gasteiger partial charge in [-0.1, -0.05) is 0 Å². The maximum atomic E-state index is 12.6. The summed E-state index contributed by atoms with van der Waals surface area (Å²) < 4.78 is 26.6. The van der Waals surface area contributed by atoms with Crippen LogP contribution in [0.1, 0.15) is 16.8 Å². The highest BCUT2D eigenvalue weighted by Crippen LogP contribution is 2.27. The summed E-state index contributed by atoms with van der Waals surface area (Å²) in [6.45, 7) is 0.848. The van der Waals surface area contributed by atoms with E-state index in [1.54, 1.807) is 0 Å². The standard InChI is InChI=1S/C13H19N3O4S/c1-15(2)10-5-6-16(8-10)21(19,20)12-4-3-9(13(17)18)7-11(12)14/h3-4,7,10H,5-6,8,14H2,1-2H3,(H,17,18). The van der Waals surface area contributed by atoms with Gasteiger partial charge in [0.15, 0.2) is 0 Å².